The standard InChI is InChI=1S/C12H11F6NO2/c1-2-19(6-11(13,14)15)7-3-4-9(12(16,17)18)8(5-7)10(20)21/h3-5H,2,6H2,1H3,(H,20,21). The highest BCUT2D eigenvalue weighted by Gasteiger charge is 2.36. The van der Waals surface area contributed by atoms with Crippen LogP contribution in [0.25, 0.3) is 0 Å². The second-order valence-electron chi connectivity index (χ2n) is 4.16. The number of carbonyl (C=O) groups is 1. The quantitative estimate of drug-likeness (QED) is 0.859. The minimum absolute atomic E-state index is 0.135. The number of halogens is 6. The molecule has 1 aromatic carbocycles. The Morgan fingerprint density at radius 3 is 2.14 bits per heavy atom. The lowest BCUT2D eigenvalue weighted by atomic mass is 10.1. The van der Waals surface area contributed by atoms with E-state index in [0.29, 0.717) is 12.1 Å². The first-order valence-corrected chi connectivity index (χ1v) is 5.72. The van der Waals surface area contributed by atoms with Crippen molar-refractivity contribution in [3.05, 3.63) is 29.3 Å². The molecule has 9 heteroatoms. The van der Waals surface area contributed by atoms with Crippen LogP contribution in [0.5, 0.6) is 0 Å². The van der Waals surface area contributed by atoms with Gasteiger partial charge in [0.2, 0.25) is 0 Å². The molecular weight excluding hydrogens is 304 g/mol. The Kier molecular flexibility index (Phi) is 4.75. The van der Waals surface area contributed by atoms with Crippen LogP contribution in [0.3, 0.4) is 0 Å². The number of carboxylic acids is 1. The number of rotatable bonds is 4. The van der Waals surface area contributed by atoms with Crippen LogP contribution in [0.2, 0.25) is 0 Å². The summed E-state index contributed by atoms with van der Waals surface area (Å²) in [7, 11) is 0. The van der Waals surface area contributed by atoms with Crippen molar-refractivity contribution >= 4 is 11.7 Å². The first kappa shape index (κ1) is 17.1. The van der Waals surface area contributed by atoms with E-state index in [4.69, 9.17) is 5.11 Å². The van der Waals surface area contributed by atoms with Crippen LogP contribution >= 0.6 is 0 Å². The Bertz CT molecular complexity index is 523. The molecule has 0 spiro atoms. The fourth-order valence-corrected chi connectivity index (χ4v) is 1.76. The number of benzene rings is 1. The highest BCUT2D eigenvalue weighted by Crippen LogP contribution is 2.34. The third-order valence-corrected chi connectivity index (χ3v) is 2.66. The van der Waals surface area contributed by atoms with Gasteiger partial charge in [-0.15, -0.1) is 0 Å². The van der Waals surface area contributed by atoms with Crippen LogP contribution in [0.4, 0.5) is 32.0 Å². The maximum absolute atomic E-state index is 12.6. The van der Waals surface area contributed by atoms with Gasteiger partial charge in [0.25, 0.3) is 0 Å². The number of hydrogen-bond acceptors (Lipinski definition) is 2. The van der Waals surface area contributed by atoms with Crippen molar-refractivity contribution in [3.8, 4) is 0 Å². The van der Waals surface area contributed by atoms with Gasteiger partial charge in [-0.3, -0.25) is 0 Å². The Hall–Kier alpha value is -1.93. The fourth-order valence-electron chi connectivity index (χ4n) is 1.76. The molecule has 0 amide bonds. The van der Waals surface area contributed by atoms with E-state index in [1.54, 1.807) is 0 Å². The summed E-state index contributed by atoms with van der Waals surface area (Å²) >= 11 is 0. The van der Waals surface area contributed by atoms with E-state index in [2.05, 4.69) is 0 Å². The third-order valence-electron chi connectivity index (χ3n) is 2.66. The monoisotopic (exact) mass is 315 g/mol. The lowest BCUT2D eigenvalue weighted by molar-refractivity contribution is -0.138. The van der Waals surface area contributed by atoms with Gasteiger partial charge in [0.05, 0.1) is 11.1 Å². The molecule has 0 saturated heterocycles. The summed E-state index contributed by atoms with van der Waals surface area (Å²) in [5.41, 5.74) is -2.72. The van der Waals surface area contributed by atoms with Gasteiger partial charge in [0.15, 0.2) is 0 Å². The number of carboxylic acid groups (broad SMARTS) is 1. The largest absolute Gasteiger partial charge is 0.478 e. The van der Waals surface area contributed by atoms with E-state index in [1.165, 1.54) is 6.92 Å². The van der Waals surface area contributed by atoms with E-state index in [0.717, 1.165) is 11.0 Å². The molecule has 0 saturated carbocycles. The van der Waals surface area contributed by atoms with Crippen molar-refractivity contribution in [2.75, 3.05) is 18.0 Å². The van der Waals surface area contributed by atoms with E-state index < -0.39 is 36.0 Å². The van der Waals surface area contributed by atoms with Gasteiger partial charge in [0.1, 0.15) is 6.54 Å². The van der Waals surface area contributed by atoms with Crippen molar-refractivity contribution in [1.82, 2.24) is 0 Å². The summed E-state index contributed by atoms with van der Waals surface area (Å²) < 4.78 is 75.0. The Morgan fingerprint density at radius 2 is 1.76 bits per heavy atom. The van der Waals surface area contributed by atoms with E-state index in [-0.39, 0.29) is 12.2 Å². The highest BCUT2D eigenvalue weighted by atomic mass is 19.4. The molecule has 1 rings (SSSR count). The summed E-state index contributed by atoms with van der Waals surface area (Å²) in [4.78, 5) is 11.6. The van der Waals surface area contributed by atoms with Crippen LogP contribution in [-0.2, 0) is 6.18 Å². The van der Waals surface area contributed by atoms with Crippen molar-refractivity contribution in [3.63, 3.8) is 0 Å². The molecular formula is C12H11F6NO2. The molecule has 0 atom stereocenters. The van der Waals surface area contributed by atoms with Crippen LogP contribution in [-0.4, -0.2) is 30.3 Å². The minimum atomic E-state index is -4.90. The smallest absolute Gasteiger partial charge is 0.417 e. The van der Waals surface area contributed by atoms with Gasteiger partial charge < -0.3 is 10.0 Å². The second-order valence-corrected chi connectivity index (χ2v) is 4.16. The highest BCUT2D eigenvalue weighted by molar-refractivity contribution is 5.91. The molecule has 0 heterocycles. The molecule has 0 aromatic heterocycles. The molecule has 1 N–H and O–H groups in total. The number of nitrogens with zero attached hydrogens (tertiary/aromatic N) is 1. The van der Waals surface area contributed by atoms with Gasteiger partial charge in [-0.05, 0) is 25.1 Å². The van der Waals surface area contributed by atoms with Gasteiger partial charge in [-0.25, -0.2) is 4.79 Å². The zero-order valence-electron chi connectivity index (χ0n) is 10.7. The maximum Gasteiger partial charge on any atom is 0.417 e. The molecule has 21 heavy (non-hydrogen) atoms. The predicted molar refractivity (Wildman–Crippen MR) is 62.3 cm³/mol. The SMILES string of the molecule is CCN(CC(F)(F)F)c1ccc(C(F)(F)F)c(C(=O)O)c1. The fraction of sp³-hybridized carbons (Fsp3) is 0.417. The Balaban J connectivity index is 3.27. The Morgan fingerprint density at radius 1 is 1.19 bits per heavy atom. The van der Waals surface area contributed by atoms with E-state index in [1.807, 2.05) is 0 Å². The van der Waals surface area contributed by atoms with E-state index >= 15 is 0 Å². The van der Waals surface area contributed by atoms with Crippen LogP contribution in [0.1, 0.15) is 22.8 Å². The van der Waals surface area contributed by atoms with E-state index in [9.17, 15) is 31.1 Å². The van der Waals surface area contributed by atoms with Gasteiger partial charge in [-0.1, -0.05) is 0 Å². The van der Waals surface area contributed by atoms with Crippen LogP contribution in [0.15, 0.2) is 18.2 Å². The molecule has 1 aromatic rings. The lowest BCUT2D eigenvalue weighted by Gasteiger charge is -2.25. The first-order chi connectivity index (χ1) is 9.45. The summed E-state index contributed by atoms with van der Waals surface area (Å²) in [6.45, 7) is -0.137. The zero-order chi connectivity index (χ0) is 16.4. The molecule has 3 nitrogen and oxygen atoms in total. The number of hydrogen-bond donors (Lipinski definition) is 1. The maximum atomic E-state index is 12.6. The van der Waals surface area contributed by atoms with Crippen LogP contribution < -0.4 is 4.90 Å². The molecule has 0 fully saturated rings. The predicted octanol–water partition coefficient (Wildman–Crippen LogP) is 3.79. The number of aromatic carboxylic acids is 1. The third kappa shape index (κ3) is 4.54. The van der Waals surface area contributed by atoms with Crippen molar-refractivity contribution in [1.29, 1.82) is 0 Å². The van der Waals surface area contributed by atoms with Crippen molar-refractivity contribution < 1.29 is 36.2 Å². The zero-order valence-corrected chi connectivity index (χ0v) is 10.7. The van der Waals surface area contributed by atoms with Gasteiger partial charge >= 0.3 is 18.3 Å². The summed E-state index contributed by atoms with van der Waals surface area (Å²) in [6.07, 6.45) is -9.45. The Labute approximate surface area is 115 Å². The molecule has 0 bridgehead atoms. The molecule has 0 aliphatic heterocycles. The lowest BCUT2D eigenvalue weighted by Crippen LogP contribution is -2.34. The van der Waals surface area contributed by atoms with Crippen molar-refractivity contribution in [2.24, 2.45) is 0 Å². The number of anilines is 1. The molecule has 118 valence electrons. The topological polar surface area (TPSA) is 40.5 Å². The minimum Gasteiger partial charge on any atom is -0.478 e. The first-order valence-electron chi connectivity index (χ1n) is 5.72. The normalized spacial score (nSPS) is 12.3. The van der Waals surface area contributed by atoms with Crippen LogP contribution in [0, 0.1) is 0 Å². The summed E-state index contributed by atoms with van der Waals surface area (Å²) in [5, 5.41) is 8.80. The van der Waals surface area contributed by atoms with Gasteiger partial charge in [-0.2, -0.15) is 26.3 Å². The van der Waals surface area contributed by atoms with Gasteiger partial charge in [0, 0.05) is 12.2 Å². The van der Waals surface area contributed by atoms with Crippen molar-refractivity contribution in [2.45, 2.75) is 19.3 Å². The second kappa shape index (κ2) is 5.82. The molecule has 0 unspecified atom stereocenters. The number of alkyl halides is 6. The average Bonchev–Trinajstić information content (AvgIpc) is 2.33. The summed E-state index contributed by atoms with van der Waals surface area (Å²) in [6, 6.07) is 1.89. The summed E-state index contributed by atoms with van der Waals surface area (Å²) in [5.74, 6) is -1.85. The molecule has 0 aliphatic rings. The average molecular weight is 315 g/mol. The molecule has 0 aliphatic carbocycles. The molecule has 0 radical (unpaired) electrons.